The lowest BCUT2D eigenvalue weighted by molar-refractivity contribution is -0.140. The van der Waals surface area contributed by atoms with Gasteiger partial charge < -0.3 is 29.9 Å². The highest BCUT2D eigenvalue weighted by atomic mass is 127. The van der Waals surface area contributed by atoms with Crippen LogP contribution in [0.2, 0.25) is 0 Å². The number of rotatable bonds is 11. The molecule has 1 aromatic carbocycles. The molecule has 34 heavy (non-hydrogen) atoms. The van der Waals surface area contributed by atoms with Gasteiger partial charge in [-0.15, -0.1) is 0 Å². The predicted molar refractivity (Wildman–Crippen MR) is 136 cm³/mol. The SMILES string of the molecule is COCCN(C(=O)CC1CCCC1)[C@@H]1CC(C(=O)NCCO)=C[C@H](Oc2ccccc2I)[C@H]1O. The molecule has 0 spiro atoms. The van der Waals surface area contributed by atoms with E-state index in [0.29, 0.717) is 36.8 Å². The van der Waals surface area contributed by atoms with Crippen LogP contribution in [0, 0.1) is 9.49 Å². The minimum absolute atomic E-state index is 0.0296. The van der Waals surface area contributed by atoms with E-state index in [2.05, 4.69) is 27.9 Å². The Labute approximate surface area is 214 Å². The Bertz CT molecular complexity index is 858. The zero-order valence-electron chi connectivity index (χ0n) is 19.6. The van der Waals surface area contributed by atoms with Crippen molar-refractivity contribution < 1.29 is 29.3 Å². The zero-order valence-corrected chi connectivity index (χ0v) is 21.8. The molecule has 0 unspecified atom stereocenters. The van der Waals surface area contributed by atoms with Crippen molar-refractivity contribution in [3.8, 4) is 5.75 Å². The van der Waals surface area contributed by atoms with Crippen LogP contribution >= 0.6 is 22.6 Å². The number of carbonyl (C=O) groups is 2. The summed E-state index contributed by atoms with van der Waals surface area (Å²) in [5, 5.41) is 23.1. The summed E-state index contributed by atoms with van der Waals surface area (Å²) in [6.45, 7) is 0.606. The topological polar surface area (TPSA) is 108 Å². The van der Waals surface area contributed by atoms with Gasteiger partial charge in [-0.05, 0) is 59.6 Å². The van der Waals surface area contributed by atoms with E-state index >= 15 is 0 Å². The lowest BCUT2D eigenvalue weighted by Gasteiger charge is -2.41. The molecule has 1 fully saturated rings. The molecule has 3 rings (SSSR count). The molecule has 188 valence electrons. The number of methoxy groups -OCH3 is 1. The Hall–Kier alpha value is -1.69. The smallest absolute Gasteiger partial charge is 0.247 e. The number of hydrogen-bond acceptors (Lipinski definition) is 6. The lowest BCUT2D eigenvalue weighted by atomic mass is 9.87. The molecule has 3 atom stereocenters. The van der Waals surface area contributed by atoms with E-state index in [0.717, 1.165) is 29.3 Å². The van der Waals surface area contributed by atoms with Crippen LogP contribution in [0.5, 0.6) is 5.75 Å². The van der Waals surface area contributed by atoms with Crippen molar-refractivity contribution in [3.63, 3.8) is 0 Å². The Morgan fingerprint density at radius 2 is 1.97 bits per heavy atom. The number of hydrogen-bond donors (Lipinski definition) is 3. The molecule has 2 aliphatic rings. The number of aliphatic hydroxyl groups is 2. The predicted octanol–water partition coefficient (Wildman–Crippen LogP) is 2.26. The van der Waals surface area contributed by atoms with E-state index in [1.54, 1.807) is 18.1 Å². The number of ether oxygens (including phenoxy) is 2. The fourth-order valence-corrected chi connectivity index (χ4v) is 5.22. The number of benzene rings is 1. The number of nitrogens with zero attached hydrogens (tertiary/aromatic N) is 1. The van der Waals surface area contributed by atoms with Crippen molar-refractivity contribution in [2.45, 2.75) is 56.8 Å². The van der Waals surface area contributed by atoms with Crippen LogP contribution in [0.4, 0.5) is 0 Å². The summed E-state index contributed by atoms with van der Waals surface area (Å²) >= 11 is 2.16. The van der Waals surface area contributed by atoms with E-state index < -0.39 is 18.2 Å². The van der Waals surface area contributed by atoms with Crippen LogP contribution in [0.25, 0.3) is 0 Å². The van der Waals surface area contributed by atoms with Crippen LogP contribution in [-0.2, 0) is 14.3 Å². The highest BCUT2D eigenvalue weighted by Gasteiger charge is 2.40. The molecule has 1 saturated carbocycles. The van der Waals surface area contributed by atoms with Crippen molar-refractivity contribution in [1.29, 1.82) is 0 Å². The Balaban J connectivity index is 1.87. The van der Waals surface area contributed by atoms with Gasteiger partial charge in [-0.1, -0.05) is 25.0 Å². The van der Waals surface area contributed by atoms with Crippen molar-refractivity contribution in [1.82, 2.24) is 10.2 Å². The van der Waals surface area contributed by atoms with E-state index in [1.165, 1.54) is 0 Å². The van der Waals surface area contributed by atoms with Crippen molar-refractivity contribution >= 4 is 34.4 Å². The average Bonchev–Trinajstić information content (AvgIpc) is 3.34. The first-order valence-corrected chi connectivity index (χ1v) is 13.0. The lowest BCUT2D eigenvalue weighted by Crippen LogP contribution is -2.56. The number of amides is 2. The Morgan fingerprint density at radius 1 is 1.24 bits per heavy atom. The van der Waals surface area contributed by atoms with E-state index in [9.17, 15) is 14.7 Å². The molecule has 0 radical (unpaired) electrons. The van der Waals surface area contributed by atoms with E-state index in [1.807, 2.05) is 24.3 Å². The summed E-state index contributed by atoms with van der Waals surface area (Å²) in [5.74, 6) is 0.592. The molecule has 0 heterocycles. The van der Waals surface area contributed by atoms with Gasteiger partial charge in [0.25, 0.3) is 0 Å². The number of para-hydroxylation sites is 1. The maximum absolute atomic E-state index is 13.4. The van der Waals surface area contributed by atoms with Gasteiger partial charge in [0.15, 0.2) is 0 Å². The third kappa shape index (κ3) is 7.16. The minimum Gasteiger partial charge on any atom is -0.482 e. The summed E-state index contributed by atoms with van der Waals surface area (Å²) in [4.78, 5) is 27.9. The molecule has 2 aliphatic carbocycles. The van der Waals surface area contributed by atoms with Crippen LogP contribution in [0.1, 0.15) is 38.5 Å². The van der Waals surface area contributed by atoms with Gasteiger partial charge in [0.05, 0.1) is 22.8 Å². The Morgan fingerprint density at radius 3 is 2.65 bits per heavy atom. The van der Waals surface area contributed by atoms with Crippen molar-refractivity contribution in [3.05, 3.63) is 39.5 Å². The normalized spacial score (nSPS) is 22.8. The number of halogens is 1. The molecule has 3 N–H and O–H groups in total. The number of aliphatic hydroxyl groups excluding tert-OH is 2. The summed E-state index contributed by atoms with van der Waals surface area (Å²) in [5.41, 5.74) is 0.427. The van der Waals surface area contributed by atoms with Crippen LogP contribution < -0.4 is 10.1 Å². The van der Waals surface area contributed by atoms with Crippen LogP contribution in [-0.4, -0.2) is 78.6 Å². The standard InChI is InChI=1S/C25H35IN2O6/c1-33-13-11-28(23(30)14-17-6-2-3-7-17)20-15-18(25(32)27-10-12-29)16-22(24(20)31)34-21-9-5-4-8-19(21)26/h4-5,8-9,16-17,20,22,24,29,31H,2-3,6-7,10-15H2,1H3,(H,27,32)/t20-,22+,24+/m1/s1. The van der Waals surface area contributed by atoms with Gasteiger partial charge in [-0.2, -0.15) is 0 Å². The van der Waals surface area contributed by atoms with Gasteiger partial charge in [-0.25, -0.2) is 0 Å². The quantitative estimate of drug-likeness (QED) is 0.344. The molecule has 9 heteroatoms. The largest absolute Gasteiger partial charge is 0.482 e. The monoisotopic (exact) mass is 586 g/mol. The summed E-state index contributed by atoms with van der Waals surface area (Å²) in [7, 11) is 1.58. The van der Waals surface area contributed by atoms with E-state index in [-0.39, 0.29) is 31.4 Å². The van der Waals surface area contributed by atoms with Crippen LogP contribution in [0.3, 0.4) is 0 Å². The van der Waals surface area contributed by atoms with Crippen molar-refractivity contribution in [2.75, 3.05) is 33.4 Å². The molecule has 2 amide bonds. The number of nitrogens with one attached hydrogen (secondary N) is 1. The maximum Gasteiger partial charge on any atom is 0.247 e. The molecule has 0 aliphatic heterocycles. The van der Waals surface area contributed by atoms with Gasteiger partial charge in [0, 0.05) is 38.6 Å². The molecule has 8 nitrogen and oxygen atoms in total. The van der Waals surface area contributed by atoms with Crippen molar-refractivity contribution in [2.24, 2.45) is 5.92 Å². The summed E-state index contributed by atoms with van der Waals surface area (Å²) in [6.07, 6.45) is 4.82. The van der Waals surface area contributed by atoms with Gasteiger partial charge >= 0.3 is 0 Å². The van der Waals surface area contributed by atoms with Gasteiger partial charge in [0.1, 0.15) is 18.0 Å². The summed E-state index contributed by atoms with van der Waals surface area (Å²) in [6, 6.07) is 6.82. The fourth-order valence-electron chi connectivity index (χ4n) is 4.71. The minimum atomic E-state index is -1.02. The molecular weight excluding hydrogens is 551 g/mol. The maximum atomic E-state index is 13.4. The molecule has 1 aromatic rings. The first-order valence-electron chi connectivity index (χ1n) is 11.9. The first kappa shape index (κ1) is 26.9. The van der Waals surface area contributed by atoms with Gasteiger partial charge in [0.2, 0.25) is 11.8 Å². The second-order valence-corrected chi connectivity index (χ2v) is 10.0. The van der Waals surface area contributed by atoms with Gasteiger partial charge in [-0.3, -0.25) is 9.59 Å². The molecule has 0 bridgehead atoms. The fraction of sp³-hybridized carbons (Fsp3) is 0.600. The Kier molecular flexibility index (Phi) is 10.6. The third-order valence-corrected chi connectivity index (χ3v) is 7.40. The summed E-state index contributed by atoms with van der Waals surface area (Å²) < 4.78 is 12.3. The highest BCUT2D eigenvalue weighted by molar-refractivity contribution is 14.1. The van der Waals surface area contributed by atoms with E-state index in [4.69, 9.17) is 14.6 Å². The second-order valence-electron chi connectivity index (χ2n) is 8.88. The third-order valence-electron chi connectivity index (χ3n) is 6.51. The second kappa shape index (κ2) is 13.4. The first-order chi connectivity index (χ1) is 16.4. The molecular formula is C25H35IN2O6. The average molecular weight is 586 g/mol. The molecule has 0 saturated heterocycles. The molecule has 0 aromatic heterocycles. The number of carbonyl (C=O) groups excluding carboxylic acids is 2. The zero-order chi connectivity index (χ0) is 24.5. The highest BCUT2D eigenvalue weighted by Crippen LogP contribution is 2.32. The van der Waals surface area contributed by atoms with Crippen LogP contribution in [0.15, 0.2) is 35.9 Å².